The van der Waals surface area contributed by atoms with Crippen molar-refractivity contribution in [3.8, 4) is 0 Å². The molecule has 0 radical (unpaired) electrons. The molecule has 0 amide bonds. The molecule has 26 heavy (non-hydrogen) atoms. The zero-order chi connectivity index (χ0) is 17.9. The van der Waals surface area contributed by atoms with Crippen molar-refractivity contribution in [2.75, 3.05) is 51.7 Å². The molecule has 2 N–H and O–H groups in total. The molecule has 0 aromatic heterocycles. The van der Waals surface area contributed by atoms with Crippen LogP contribution in [0.3, 0.4) is 0 Å². The second-order valence-electron chi connectivity index (χ2n) is 5.95. The molecule has 1 aliphatic rings. The van der Waals surface area contributed by atoms with E-state index in [0.29, 0.717) is 6.04 Å². The van der Waals surface area contributed by atoms with E-state index in [-0.39, 0.29) is 29.8 Å². The second kappa shape index (κ2) is 13.6. The van der Waals surface area contributed by atoms with Crippen molar-refractivity contribution in [2.45, 2.75) is 24.8 Å². The van der Waals surface area contributed by atoms with Crippen LogP contribution in [0.25, 0.3) is 0 Å². The molecule has 0 bridgehead atoms. The third kappa shape index (κ3) is 8.88. The lowest BCUT2D eigenvalue weighted by Gasteiger charge is -2.31. The first kappa shape index (κ1) is 23.5. The van der Waals surface area contributed by atoms with Crippen LogP contribution in [0.15, 0.2) is 34.2 Å². The third-order valence-electron chi connectivity index (χ3n) is 4.00. The monoisotopic (exact) mass is 496 g/mol. The minimum absolute atomic E-state index is 0. The second-order valence-corrected chi connectivity index (χ2v) is 7.11. The molecule has 148 valence electrons. The number of hydrogen-bond donors (Lipinski definition) is 2. The number of halogens is 2. The van der Waals surface area contributed by atoms with Crippen LogP contribution in [0.5, 0.6) is 0 Å². The molecule has 1 fully saturated rings. The lowest BCUT2D eigenvalue weighted by molar-refractivity contribution is 0.0220. The summed E-state index contributed by atoms with van der Waals surface area (Å²) in [5, 5.41) is 6.65. The van der Waals surface area contributed by atoms with Crippen LogP contribution in [0.4, 0.5) is 4.39 Å². The van der Waals surface area contributed by atoms with Gasteiger partial charge in [0.05, 0.1) is 19.8 Å². The lowest BCUT2D eigenvalue weighted by Crippen LogP contribution is -2.44. The zero-order valence-corrected chi connectivity index (χ0v) is 18.7. The van der Waals surface area contributed by atoms with E-state index in [2.05, 4.69) is 29.4 Å². The summed E-state index contributed by atoms with van der Waals surface area (Å²) in [6, 6.07) is 7.02. The van der Waals surface area contributed by atoms with Crippen molar-refractivity contribution < 1.29 is 9.13 Å². The fourth-order valence-corrected chi connectivity index (χ4v) is 3.34. The number of ether oxygens (including phenoxy) is 1. The van der Waals surface area contributed by atoms with Gasteiger partial charge in [-0.25, -0.2) is 4.39 Å². The Morgan fingerprint density at radius 3 is 2.62 bits per heavy atom. The summed E-state index contributed by atoms with van der Waals surface area (Å²) in [5.74, 6) is 1.55. The van der Waals surface area contributed by atoms with Crippen LogP contribution in [-0.2, 0) is 4.74 Å². The minimum atomic E-state index is -0.196. The summed E-state index contributed by atoms with van der Waals surface area (Å²) in [6.45, 7) is 10.3. The molecule has 2 rings (SSSR count). The van der Waals surface area contributed by atoms with Crippen LogP contribution in [0.1, 0.15) is 13.8 Å². The van der Waals surface area contributed by atoms with Crippen LogP contribution < -0.4 is 10.6 Å². The molecule has 1 atom stereocenters. The molecular weight excluding hydrogens is 466 g/mol. The average molecular weight is 496 g/mol. The highest BCUT2D eigenvalue weighted by atomic mass is 127. The molecule has 0 aliphatic carbocycles. The van der Waals surface area contributed by atoms with Crippen molar-refractivity contribution in [2.24, 2.45) is 4.99 Å². The largest absolute Gasteiger partial charge is 0.379 e. The Balaban J connectivity index is 0.00000338. The van der Waals surface area contributed by atoms with Gasteiger partial charge in [0.1, 0.15) is 5.82 Å². The number of nitrogens with zero attached hydrogens (tertiary/aromatic N) is 2. The average Bonchev–Trinajstić information content (AvgIpc) is 2.65. The van der Waals surface area contributed by atoms with Gasteiger partial charge < -0.3 is 15.4 Å². The molecule has 1 saturated heterocycles. The van der Waals surface area contributed by atoms with E-state index < -0.39 is 0 Å². The summed E-state index contributed by atoms with van der Waals surface area (Å²) < 4.78 is 18.3. The fourth-order valence-electron chi connectivity index (χ4n) is 2.57. The Morgan fingerprint density at radius 2 is 1.96 bits per heavy atom. The summed E-state index contributed by atoms with van der Waals surface area (Å²) in [5.41, 5.74) is 0. The van der Waals surface area contributed by atoms with Gasteiger partial charge >= 0.3 is 0 Å². The zero-order valence-electron chi connectivity index (χ0n) is 15.5. The van der Waals surface area contributed by atoms with Gasteiger partial charge in [-0.2, -0.15) is 0 Å². The number of rotatable bonds is 8. The minimum Gasteiger partial charge on any atom is -0.379 e. The van der Waals surface area contributed by atoms with Crippen molar-refractivity contribution in [1.82, 2.24) is 15.5 Å². The van der Waals surface area contributed by atoms with E-state index in [1.807, 2.05) is 12.1 Å². The van der Waals surface area contributed by atoms with Crippen molar-refractivity contribution in [3.63, 3.8) is 0 Å². The normalized spacial score (nSPS) is 16.7. The predicted octanol–water partition coefficient (Wildman–Crippen LogP) is 2.81. The van der Waals surface area contributed by atoms with E-state index in [1.54, 1.807) is 11.8 Å². The molecule has 5 nitrogen and oxygen atoms in total. The quantitative estimate of drug-likeness (QED) is 0.191. The van der Waals surface area contributed by atoms with Gasteiger partial charge in [-0.15, -0.1) is 35.7 Å². The molecule has 1 unspecified atom stereocenters. The van der Waals surface area contributed by atoms with E-state index in [9.17, 15) is 4.39 Å². The first-order valence-electron chi connectivity index (χ1n) is 8.91. The maximum absolute atomic E-state index is 12.9. The molecule has 1 aliphatic heterocycles. The van der Waals surface area contributed by atoms with Gasteiger partial charge in [-0.05, 0) is 38.1 Å². The summed E-state index contributed by atoms with van der Waals surface area (Å²) in [6.07, 6.45) is 0. The van der Waals surface area contributed by atoms with Gasteiger partial charge in [0.25, 0.3) is 0 Å². The Kier molecular flexibility index (Phi) is 12.2. The Labute approximate surface area is 177 Å². The van der Waals surface area contributed by atoms with E-state index in [1.165, 1.54) is 12.1 Å². The molecule has 1 aromatic carbocycles. The van der Waals surface area contributed by atoms with Gasteiger partial charge in [0, 0.05) is 42.9 Å². The number of aliphatic imine (C=N–C) groups is 1. The SMILES string of the molecule is CCNC(=NCC(C)N1CCOCC1)NCCSc1ccc(F)cc1.I. The van der Waals surface area contributed by atoms with Gasteiger partial charge in [0.15, 0.2) is 5.96 Å². The molecule has 1 aromatic rings. The maximum atomic E-state index is 12.9. The number of benzene rings is 1. The van der Waals surface area contributed by atoms with Crippen molar-refractivity contribution >= 4 is 41.7 Å². The summed E-state index contributed by atoms with van der Waals surface area (Å²) in [7, 11) is 0. The summed E-state index contributed by atoms with van der Waals surface area (Å²) >= 11 is 1.70. The van der Waals surface area contributed by atoms with E-state index >= 15 is 0 Å². The molecule has 8 heteroatoms. The molecule has 0 saturated carbocycles. The number of thioether (sulfide) groups is 1. The highest BCUT2D eigenvalue weighted by Crippen LogP contribution is 2.17. The third-order valence-corrected chi connectivity index (χ3v) is 5.02. The molecule has 1 heterocycles. The smallest absolute Gasteiger partial charge is 0.191 e. The van der Waals surface area contributed by atoms with Crippen LogP contribution in [0.2, 0.25) is 0 Å². The fraction of sp³-hybridized carbons (Fsp3) is 0.611. The highest BCUT2D eigenvalue weighted by Gasteiger charge is 2.16. The number of morpholine rings is 1. The maximum Gasteiger partial charge on any atom is 0.191 e. The van der Waals surface area contributed by atoms with Gasteiger partial charge in [-0.1, -0.05) is 0 Å². The van der Waals surface area contributed by atoms with Gasteiger partial charge in [-0.3, -0.25) is 9.89 Å². The predicted molar refractivity (Wildman–Crippen MR) is 118 cm³/mol. The van der Waals surface area contributed by atoms with Crippen LogP contribution in [-0.4, -0.2) is 68.6 Å². The lowest BCUT2D eigenvalue weighted by atomic mass is 10.2. The first-order chi connectivity index (χ1) is 12.2. The van der Waals surface area contributed by atoms with E-state index in [4.69, 9.17) is 9.73 Å². The Hall–Kier alpha value is -0.580. The van der Waals surface area contributed by atoms with Crippen molar-refractivity contribution in [1.29, 1.82) is 0 Å². The standard InChI is InChI=1S/C18H29FN4OS.HI/c1-3-20-18(22-14-15(2)23-9-11-24-12-10-23)21-8-13-25-17-6-4-16(19)5-7-17;/h4-7,15H,3,8-14H2,1-2H3,(H2,20,21,22);1H. The van der Waals surface area contributed by atoms with Crippen LogP contribution >= 0.6 is 35.7 Å². The number of guanidine groups is 1. The van der Waals surface area contributed by atoms with E-state index in [0.717, 1.165) is 62.5 Å². The highest BCUT2D eigenvalue weighted by molar-refractivity contribution is 14.0. The topological polar surface area (TPSA) is 48.9 Å². The van der Waals surface area contributed by atoms with Gasteiger partial charge in [0.2, 0.25) is 0 Å². The molecule has 0 spiro atoms. The molecular formula is C18H30FIN4OS. The Morgan fingerprint density at radius 1 is 1.27 bits per heavy atom. The van der Waals surface area contributed by atoms with Crippen LogP contribution in [0, 0.1) is 5.82 Å². The Bertz CT molecular complexity index is 526. The number of nitrogens with one attached hydrogen (secondary N) is 2. The number of hydrogen-bond acceptors (Lipinski definition) is 4. The summed E-state index contributed by atoms with van der Waals surface area (Å²) in [4.78, 5) is 8.19. The van der Waals surface area contributed by atoms with Crippen molar-refractivity contribution in [3.05, 3.63) is 30.1 Å². The first-order valence-corrected chi connectivity index (χ1v) is 9.90.